The lowest BCUT2D eigenvalue weighted by atomic mass is 9.48. The summed E-state index contributed by atoms with van der Waals surface area (Å²) in [6, 6.07) is 0. The molecule has 0 heterocycles. The third-order valence-electron chi connectivity index (χ3n) is 4.98. The number of hydrogen-bond acceptors (Lipinski definition) is 1. The second-order valence-electron chi connectivity index (χ2n) is 6.51. The van der Waals surface area contributed by atoms with E-state index in [1.165, 1.54) is 32.1 Å². The summed E-state index contributed by atoms with van der Waals surface area (Å²) in [7, 11) is 0. The monoisotopic (exact) mass is 242 g/mol. The lowest BCUT2D eigenvalue weighted by molar-refractivity contribution is -0.139. The van der Waals surface area contributed by atoms with Crippen molar-refractivity contribution in [3.63, 3.8) is 0 Å². The predicted octanol–water partition coefficient (Wildman–Crippen LogP) is 3.43. The van der Waals surface area contributed by atoms with Crippen LogP contribution in [0.5, 0.6) is 0 Å². The molecule has 16 heavy (non-hydrogen) atoms. The summed E-state index contributed by atoms with van der Waals surface area (Å²) >= 11 is 6.69. The normalized spacial score (nSPS) is 49.6. The molecule has 3 heteroatoms. The second kappa shape index (κ2) is 3.38. The molecule has 4 saturated carbocycles. The van der Waals surface area contributed by atoms with Crippen molar-refractivity contribution in [2.45, 2.75) is 56.2 Å². The summed E-state index contributed by atoms with van der Waals surface area (Å²) in [5.41, 5.74) is 0.282. The molecular formula is C13H19ClO2. The molecule has 0 aliphatic heterocycles. The SMILES string of the molecule is O=C(O)CCC12C[C@@H]3C[C@@H](CC(Cl)(C3)C1)C2. The van der Waals surface area contributed by atoms with Gasteiger partial charge in [-0.2, -0.15) is 0 Å². The molecular weight excluding hydrogens is 224 g/mol. The van der Waals surface area contributed by atoms with Crippen LogP contribution in [0.2, 0.25) is 0 Å². The maximum atomic E-state index is 10.7. The molecule has 0 aromatic rings. The fourth-order valence-electron chi connectivity index (χ4n) is 5.00. The van der Waals surface area contributed by atoms with Crippen LogP contribution in [-0.2, 0) is 4.79 Å². The molecule has 4 fully saturated rings. The van der Waals surface area contributed by atoms with E-state index in [1.54, 1.807) is 0 Å². The number of carbonyl (C=O) groups is 1. The van der Waals surface area contributed by atoms with E-state index in [9.17, 15) is 4.79 Å². The Hall–Kier alpha value is -0.240. The van der Waals surface area contributed by atoms with Gasteiger partial charge in [-0.3, -0.25) is 4.79 Å². The number of carboxylic acid groups (broad SMARTS) is 1. The summed E-state index contributed by atoms with van der Waals surface area (Å²) in [5.74, 6) is 0.916. The van der Waals surface area contributed by atoms with Crippen LogP contribution < -0.4 is 0 Å². The fraction of sp³-hybridized carbons (Fsp3) is 0.923. The van der Waals surface area contributed by atoms with Crippen LogP contribution in [0.4, 0.5) is 0 Å². The Morgan fingerprint density at radius 1 is 1.25 bits per heavy atom. The number of carboxylic acids is 1. The summed E-state index contributed by atoms with van der Waals surface area (Å²) in [4.78, 5) is 10.8. The Morgan fingerprint density at radius 3 is 2.38 bits per heavy atom. The van der Waals surface area contributed by atoms with Crippen LogP contribution in [0.3, 0.4) is 0 Å². The zero-order chi connectivity index (χ0) is 11.4. The number of aliphatic carboxylic acids is 1. The van der Waals surface area contributed by atoms with Crippen molar-refractivity contribution >= 4 is 17.6 Å². The Balaban J connectivity index is 1.78. The van der Waals surface area contributed by atoms with E-state index in [1.807, 2.05) is 0 Å². The van der Waals surface area contributed by atoms with E-state index in [-0.39, 0.29) is 10.3 Å². The summed E-state index contributed by atoms with van der Waals surface area (Å²) < 4.78 is 0. The highest BCUT2D eigenvalue weighted by Crippen LogP contribution is 2.65. The largest absolute Gasteiger partial charge is 0.481 e. The van der Waals surface area contributed by atoms with Gasteiger partial charge in [0.15, 0.2) is 0 Å². The lowest BCUT2D eigenvalue weighted by Crippen LogP contribution is -2.53. The van der Waals surface area contributed by atoms with Crippen LogP contribution in [0.25, 0.3) is 0 Å². The van der Waals surface area contributed by atoms with E-state index >= 15 is 0 Å². The van der Waals surface area contributed by atoms with Gasteiger partial charge in [-0.1, -0.05) is 0 Å². The van der Waals surface area contributed by atoms with Gasteiger partial charge in [0.1, 0.15) is 0 Å². The molecule has 0 radical (unpaired) electrons. The van der Waals surface area contributed by atoms with Crippen molar-refractivity contribution < 1.29 is 9.90 Å². The molecule has 0 saturated heterocycles. The standard InChI is InChI=1S/C13H19ClO2/c14-13-6-9-3-10(7-13)5-12(4-9,8-13)2-1-11(15)16/h9-10H,1-8H2,(H,15,16)/t9-,10+,12?,13?. The first-order valence-electron chi connectivity index (χ1n) is 6.39. The van der Waals surface area contributed by atoms with Gasteiger partial charge in [0.2, 0.25) is 0 Å². The van der Waals surface area contributed by atoms with Crippen molar-refractivity contribution in [2.75, 3.05) is 0 Å². The Morgan fingerprint density at radius 2 is 1.88 bits per heavy atom. The summed E-state index contributed by atoms with van der Waals surface area (Å²) in [6.45, 7) is 0. The van der Waals surface area contributed by atoms with Gasteiger partial charge >= 0.3 is 5.97 Å². The molecule has 4 atom stereocenters. The highest BCUT2D eigenvalue weighted by Gasteiger charge is 2.56. The molecule has 90 valence electrons. The third-order valence-corrected chi connectivity index (χ3v) is 5.42. The van der Waals surface area contributed by atoms with Gasteiger partial charge in [0.25, 0.3) is 0 Å². The first-order valence-corrected chi connectivity index (χ1v) is 6.77. The van der Waals surface area contributed by atoms with E-state index in [0.29, 0.717) is 6.42 Å². The first kappa shape index (κ1) is 10.9. The van der Waals surface area contributed by atoms with Crippen molar-refractivity contribution in [1.82, 2.24) is 0 Å². The Kier molecular flexibility index (Phi) is 2.30. The quantitative estimate of drug-likeness (QED) is 0.770. The second-order valence-corrected chi connectivity index (χ2v) is 7.31. The Labute approximate surface area is 101 Å². The number of rotatable bonds is 3. The Bertz CT molecular complexity index is 312. The van der Waals surface area contributed by atoms with Gasteiger partial charge < -0.3 is 5.11 Å². The predicted molar refractivity (Wildman–Crippen MR) is 62.6 cm³/mol. The first-order chi connectivity index (χ1) is 7.49. The van der Waals surface area contributed by atoms with E-state index < -0.39 is 5.97 Å². The van der Waals surface area contributed by atoms with Crippen molar-refractivity contribution in [3.05, 3.63) is 0 Å². The van der Waals surface area contributed by atoms with E-state index in [4.69, 9.17) is 16.7 Å². The topological polar surface area (TPSA) is 37.3 Å². The van der Waals surface area contributed by atoms with Gasteiger partial charge in [-0.15, -0.1) is 11.6 Å². The molecule has 4 rings (SSSR count). The number of halogens is 1. The average molecular weight is 243 g/mol. The smallest absolute Gasteiger partial charge is 0.303 e. The molecule has 0 spiro atoms. The molecule has 4 aliphatic carbocycles. The summed E-state index contributed by atoms with van der Waals surface area (Å²) in [5, 5.41) is 8.85. The minimum absolute atomic E-state index is 0.0303. The average Bonchev–Trinajstić information content (AvgIpc) is 2.10. The summed E-state index contributed by atoms with van der Waals surface area (Å²) in [6.07, 6.45) is 8.44. The highest BCUT2D eigenvalue weighted by atomic mass is 35.5. The fourth-order valence-corrected chi connectivity index (χ4v) is 5.72. The maximum absolute atomic E-state index is 10.7. The van der Waals surface area contributed by atoms with Crippen LogP contribution in [-0.4, -0.2) is 16.0 Å². The molecule has 0 amide bonds. The lowest BCUT2D eigenvalue weighted by Gasteiger charge is -2.60. The molecule has 4 aliphatic rings. The van der Waals surface area contributed by atoms with Crippen molar-refractivity contribution in [1.29, 1.82) is 0 Å². The van der Waals surface area contributed by atoms with Crippen LogP contribution >= 0.6 is 11.6 Å². The van der Waals surface area contributed by atoms with Crippen LogP contribution in [0.15, 0.2) is 0 Å². The van der Waals surface area contributed by atoms with Crippen LogP contribution in [0.1, 0.15) is 51.4 Å². The molecule has 4 bridgehead atoms. The molecule has 2 unspecified atom stereocenters. The van der Waals surface area contributed by atoms with Crippen molar-refractivity contribution in [3.8, 4) is 0 Å². The van der Waals surface area contributed by atoms with Gasteiger partial charge in [0, 0.05) is 11.3 Å². The van der Waals surface area contributed by atoms with Gasteiger partial charge in [0.05, 0.1) is 0 Å². The zero-order valence-electron chi connectivity index (χ0n) is 9.54. The van der Waals surface area contributed by atoms with Gasteiger partial charge in [-0.25, -0.2) is 0 Å². The molecule has 1 N–H and O–H groups in total. The minimum Gasteiger partial charge on any atom is -0.481 e. The zero-order valence-corrected chi connectivity index (χ0v) is 10.3. The highest BCUT2D eigenvalue weighted by molar-refractivity contribution is 6.24. The van der Waals surface area contributed by atoms with Gasteiger partial charge in [-0.05, 0) is 62.2 Å². The number of hydrogen-bond donors (Lipinski definition) is 1. The van der Waals surface area contributed by atoms with Crippen LogP contribution in [0, 0.1) is 17.3 Å². The molecule has 2 nitrogen and oxygen atoms in total. The number of alkyl halides is 1. The van der Waals surface area contributed by atoms with Crippen molar-refractivity contribution in [2.24, 2.45) is 17.3 Å². The third kappa shape index (κ3) is 1.75. The minimum atomic E-state index is -0.653. The molecule has 0 aromatic heterocycles. The molecule has 0 aromatic carbocycles. The van der Waals surface area contributed by atoms with E-state index in [0.717, 1.165) is 24.7 Å². The maximum Gasteiger partial charge on any atom is 0.303 e. The van der Waals surface area contributed by atoms with E-state index in [2.05, 4.69) is 0 Å².